The number of nitrogens with zero attached hydrogens (tertiary/aromatic N) is 1. The minimum Gasteiger partial charge on any atom is -0.395 e. The molecule has 0 spiro atoms. The number of benzene rings is 1. The number of rotatable bonds is 5. The number of hydrogen-bond donors (Lipinski definition) is 2. The van der Waals surface area contributed by atoms with E-state index in [0.29, 0.717) is 6.54 Å². The molecule has 1 amide bonds. The number of thioether (sulfide) groups is 1. The van der Waals surface area contributed by atoms with E-state index in [2.05, 4.69) is 5.32 Å². The van der Waals surface area contributed by atoms with Crippen LogP contribution in [0.3, 0.4) is 0 Å². The summed E-state index contributed by atoms with van der Waals surface area (Å²) >= 11 is 1.74. The Bertz CT molecular complexity index is 416. The van der Waals surface area contributed by atoms with Crippen molar-refractivity contribution in [3.63, 3.8) is 0 Å². The number of aliphatic hydroxyl groups is 1. The lowest BCUT2D eigenvalue weighted by Crippen LogP contribution is -2.23. The molecule has 0 bridgehead atoms. The number of amides is 1. The van der Waals surface area contributed by atoms with Gasteiger partial charge in [-0.1, -0.05) is 0 Å². The third kappa shape index (κ3) is 3.88. The fourth-order valence-corrected chi connectivity index (χ4v) is 3.25. The van der Waals surface area contributed by atoms with Crippen molar-refractivity contribution in [1.29, 1.82) is 0 Å². The van der Waals surface area contributed by atoms with Gasteiger partial charge in [0.05, 0.1) is 11.9 Å². The second-order valence-corrected chi connectivity index (χ2v) is 5.99. The van der Waals surface area contributed by atoms with E-state index >= 15 is 0 Å². The summed E-state index contributed by atoms with van der Waals surface area (Å²) in [6.07, 6.45) is 2.11. The summed E-state index contributed by atoms with van der Waals surface area (Å²) in [6, 6.07) is 7.71. The van der Waals surface area contributed by atoms with Crippen molar-refractivity contribution in [2.45, 2.75) is 18.1 Å². The van der Waals surface area contributed by atoms with E-state index in [1.807, 2.05) is 36.2 Å². The lowest BCUT2D eigenvalue weighted by atomic mass is 10.2. The van der Waals surface area contributed by atoms with Gasteiger partial charge in [0, 0.05) is 25.0 Å². The van der Waals surface area contributed by atoms with Gasteiger partial charge in [-0.25, -0.2) is 0 Å². The molecule has 1 aromatic rings. The molecule has 1 heterocycles. The zero-order valence-corrected chi connectivity index (χ0v) is 11.9. The van der Waals surface area contributed by atoms with Crippen molar-refractivity contribution in [1.82, 2.24) is 0 Å². The predicted octanol–water partition coefficient (Wildman–Crippen LogP) is 1.95. The van der Waals surface area contributed by atoms with E-state index in [0.717, 1.165) is 30.0 Å². The molecule has 104 valence electrons. The van der Waals surface area contributed by atoms with Crippen LogP contribution in [-0.2, 0) is 4.79 Å². The van der Waals surface area contributed by atoms with E-state index in [4.69, 9.17) is 5.11 Å². The molecule has 1 saturated heterocycles. The molecule has 2 rings (SSSR count). The van der Waals surface area contributed by atoms with Crippen LogP contribution in [0.25, 0.3) is 0 Å². The summed E-state index contributed by atoms with van der Waals surface area (Å²) in [7, 11) is 1.93. The van der Waals surface area contributed by atoms with Crippen molar-refractivity contribution in [3.05, 3.63) is 24.3 Å². The maximum absolute atomic E-state index is 12.0. The Hall–Kier alpha value is -1.20. The van der Waals surface area contributed by atoms with E-state index in [1.54, 1.807) is 11.8 Å². The predicted molar refractivity (Wildman–Crippen MR) is 80.9 cm³/mol. The molecule has 0 saturated carbocycles. The number of likely N-dealkylation sites (N-methyl/N-ethyl adjacent to an activating group) is 1. The van der Waals surface area contributed by atoms with Gasteiger partial charge >= 0.3 is 0 Å². The Labute approximate surface area is 118 Å². The zero-order valence-electron chi connectivity index (χ0n) is 11.1. The molecule has 1 aliphatic rings. The van der Waals surface area contributed by atoms with Crippen LogP contribution in [0.1, 0.15) is 12.8 Å². The Balaban J connectivity index is 1.92. The molecule has 19 heavy (non-hydrogen) atoms. The zero-order chi connectivity index (χ0) is 13.7. The van der Waals surface area contributed by atoms with Crippen molar-refractivity contribution in [2.24, 2.45) is 0 Å². The smallest absolute Gasteiger partial charge is 0.237 e. The Morgan fingerprint density at radius 3 is 2.79 bits per heavy atom. The summed E-state index contributed by atoms with van der Waals surface area (Å²) in [5.74, 6) is 1.20. The van der Waals surface area contributed by atoms with Crippen LogP contribution in [0.4, 0.5) is 11.4 Å². The first-order chi connectivity index (χ1) is 9.20. The number of nitrogens with one attached hydrogen (secondary N) is 1. The van der Waals surface area contributed by atoms with Gasteiger partial charge in [-0.15, -0.1) is 11.8 Å². The molecule has 0 aliphatic carbocycles. The van der Waals surface area contributed by atoms with E-state index in [-0.39, 0.29) is 17.8 Å². The number of anilines is 2. The number of aliphatic hydroxyl groups excluding tert-OH is 1. The van der Waals surface area contributed by atoms with Crippen LogP contribution in [0.5, 0.6) is 0 Å². The number of hydrogen-bond acceptors (Lipinski definition) is 4. The average molecular weight is 280 g/mol. The minimum absolute atomic E-state index is 0.108. The molecule has 1 fully saturated rings. The van der Waals surface area contributed by atoms with Crippen LogP contribution in [0.15, 0.2) is 24.3 Å². The third-order valence-electron chi connectivity index (χ3n) is 3.23. The SMILES string of the molecule is CN(CCO)c1ccc(NC(=O)C2CCCS2)cc1. The average Bonchev–Trinajstić information content (AvgIpc) is 2.94. The van der Waals surface area contributed by atoms with Crippen LogP contribution < -0.4 is 10.2 Å². The summed E-state index contributed by atoms with van der Waals surface area (Å²) in [6.45, 7) is 0.734. The second-order valence-electron chi connectivity index (χ2n) is 4.68. The van der Waals surface area contributed by atoms with Gasteiger partial charge in [0.15, 0.2) is 0 Å². The fourth-order valence-electron chi connectivity index (χ4n) is 2.09. The molecule has 2 N–H and O–H groups in total. The van der Waals surface area contributed by atoms with Gasteiger partial charge in [0.1, 0.15) is 0 Å². The summed E-state index contributed by atoms with van der Waals surface area (Å²) in [5, 5.41) is 12.0. The third-order valence-corrected chi connectivity index (χ3v) is 4.61. The van der Waals surface area contributed by atoms with Crippen LogP contribution in [-0.4, -0.2) is 42.2 Å². The van der Waals surface area contributed by atoms with Crippen LogP contribution in [0.2, 0.25) is 0 Å². The van der Waals surface area contributed by atoms with E-state index in [9.17, 15) is 4.79 Å². The van der Waals surface area contributed by atoms with Gasteiger partial charge in [-0.2, -0.15) is 0 Å². The highest BCUT2D eigenvalue weighted by atomic mass is 32.2. The second kappa shape index (κ2) is 6.82. The summed E-state index contributed by atoms with van der Waals surface area (Å²) < 4.78 is 0. The highest BCUT2D eigenvalue weighted by Gasteiger charge is 2.23. The first-order valence-electron chi connectivity index (χ1n) is 6.55. The molecular weight excluding hydrogens is 260 g/mol. The van der Waals surface area contributed by atoms with E-state index < -0.39 is 0 Å². The highest BCUT2D eigenvalue weighted by Crippen LogP contribution is 2.27. The molecule has 4 nitrogen and oxygen atoms in total. The first kappa shape index (κ1) is 14.2. The molecule has 1 unspecified atom stereocenters. The fraction of sp³-hybridized carbons (Fsp3) is 0.500. The highest BCUT2D eigenvalue weighted by molar-refractivity contribution is 8.00. The minimum atomic E-state index is 0.108. The normalized spacial score (nSPS) is 18.3. The van der Waals surface area contributed by atoms with Gasteiger partial charge in [-0.3, -0.25) is 4.79 Å². The number of carbonyl (C=O) groups is 1. The molecule has 5 heteroatoms. The largest absolute Gasteiger partial charge is 0.395 e. The monoisotopic (exact) mass is 280 g/mol. The molecular formula is C14H20N2O2S. The van der Waals surface area contributed by atoms with E-state index in [1.165, 1.54) is 0 Å². The van der Waals surface area contributed by atoms with Gasteiger partial charge < -0.3 is 15.3 Å². The Morgan fingerprint density at radius 2 is 2.21 bits per heavy atom. The Morgan fingerprint density at radius 1 is 1.47 bits per heavy atom. The molecule has 1 aliphatic heterocycles. The van der Waals surface area contributed by atoms with Crippen molar-refractivity contribution < 1.29 is 9.90 Å². The van der Waals surface area contributed by atoms with Crippen LogP contribution in [0, 0.1) is 0 Å². The first-order valence-corrected chi connectivity index (χ1v) is 7.60. The maximum Gasteiger partial charge on any atom is 0.237 e. The summed E-state index contributed by atoms with van der Waals surface area (Å²) in [5.41, 5.74) is 1.86. The topological polar surface area (TPSA) is 52.6 Å². The quantitative estimate of drug-likeness (QED) is 0.865. The molecule has 0 radical (unpaired) electrons. The van der Waals surface area contributed by atoms with Crippen LogP contribution >= 0.6 is 11.8 Å². The molecule has 1 aromatic carbocycles. The van der Waals surface area contributed by atoms with Crippen molar-refractivity contribution >= 4 is 29.0 Å². The lowest BCUT2D eigenvalue weighted by Gasteiger charge is -2.18. The van der Waals surface area contributed by atoms with Crippen molar-refractivity contribution in [2.75, 3.05) is 36.2 Å². The summed E-state index contributed by atoms with van der Waals surface area (Å²) in [4.78, 5) is 13.9. The van der Waals surface area contributed by atoms with Gasteiger partial charge in [0.2, 0.25) is 5.91 Å². The molecule has 1 atom stereocenters. The molecule has 0 aromatic heterocycles. The van der Waals surface area contributed by atoms with Gasteiger partial charge in [-0.05, 0) is 42.9 Å². The maximum atomic E-state index is 12.0. The lowest BCUT2D eigenvalue weighted by molar-refractivity contribution is -0.115. The number of carbonyl (C=O) groups excluding carboxylic acids is 1. The van der Waals surface area contributed by atoms with Crippen molar-refractivity contribution in [3.8, 4) is 0 Å². The standard InChI is InChI=1S/C14H20N2O2S/c1-16(8-9-17)12-6-4-11(5-7-12)15-14(18)13-3-2-10-19-13/h4-7,13,17H,2-3,8-10H2,1H3,(H,15,18). The Kier molecular flexibility index (Phi) is 5.10. The van der Waals surface area contributed by atoms with Gasteiger partial charge in [0.25, 0.3) is 0 Å².